The van der Waals surface area contributed by atoms with Gasteiger partial charge in [-0.15, -0.1) is 0 Å². The number of rotatable bonds is 4. The fourth-order valence-electron chi connectivity index (χ4n) is 5.00. The van der Waals surface area contributed by atoms with Crippen LogP contribution in [0.25, 0.3) is 0 Å². The van der Waals surface area contributed by atoms with Crippen molar-refractivity contribution < 1.29 is 13.2 Å². The minimum Gasteiger partial charge on any atom is -0.342 e. The number of hydrogen-bond acceptors (Lipinski definition) is 6. The number of anilines is 1. The van der Waals surface area contributed by atoms with Crippen LogP contribution in [0.2, 0.25) is 0 Å². The topological polar surface area (TPSA) is 83.5 Å². The van der Waals surface area contributed by atoms with Gasteiger partial charge in [0.05, 0.1) is 11.9 Å². The van der Waals surface area contributed by atoms with E-state index in [4.69, 9.17) is 4.98 Å². The van der Waals surface area contributed by atoms with Gasteiger partial charge in [0.15, 0.2) is 9.84 Å². The molecule has 0 spiro atoms. The molecule has 7 nitrogen and oxygen atoms in total. The number of sulfone groups is 1. The van der Waals surface area contributed by atoms with E-state index in [0.717, 1.165) is 64.5 Å². The Labute approximate surface area is 173 Å². The maximum atomic E-state index is 12.8. The van der Waals surface area contributed by atoms with E-state index >= 15 is 0 Å². The van der Waals surface area contributed by atoms with E-state index in [1.807, 2.05) is 4.90 Å². The molecule has 0 N–H and O–H groups in total. The van der Waals surface area contributed by atoms with Crippen LogP contribution in [0, 0.1) is 5.92 Å². The standard InChI is InChI=1S/C21H32N4O3S/c1-29(27,28)18-15-22-21(25-11-5-6-12-25)23-19(18)16-9-13-24(14-10-16)20(26)17-7-3-2-4-8-17/h15-17H,2-14H2,1H3. The quantitative estimate of drug-likeness (QED) is 0.745. The number of piperidine rings is 1. The van der Waals surface area contributed by atoms with Crippen molar-refractivity contribution in [1.82, 2.24) is 14.9 Å². The van der Waals surface area contributed by atoms with E-state index in [-0.39, 0.29) is 16.7 Å². The first-order chi connectivity index (χ1) is 13.9. The molecule has 1 saturated carbocycles. The number of likely N-dealkylation sites (tertiary alicyclic amines) is 1. The molecule has 3 fully saturated rings. The molecule has 4 rings (SSSR count). The number of aromatic nitrogens is 2. The van der Waals surface area contributed by atoms with E-state index < -0.39 is 9.84 Å². The summed E-state index contributed by atoms with van der Waals surface area (Å²) in [6.45, 7) is 3.22. The van der Waals surface area contributed by atoms with Gasteiger partial charge in [-0.05, 0) is 38.5 Å². The Morgan fingerprint density at radius 2 is 1.62 bits per heavy atom. The maximum absolute atomic E-state index is 12.8. The zero-order valence-corrected chi connectivity index (χ0v) is 18.2. The molecule has 0 aromatic carbocycles. The minimum atomic E-state index is -3.39. The van der Waals surface area contributed by atoms with Gasteiger partial charge >= 0.3 is 0 Å². The summed E-state index contributed by atoms with van der Waals surface area (Å²) < 4.78 is 24.7. The van der Waals surface area contributed by atoms with E-state index in [1.165, 1.54) is 18.9 Å². The predicted octanol–water partition coefficient (Wildman–Crippen LogP) is 2.77. The van der Waals surface area contributed by atoms with Crippen molar-refractivity contribution in [2.24, 2.45) is 5.92 Å². The molecule has 3 heterocycles. The average Bonchev–Trinajstić information content (AvgIpc) is 3.28. The highest BCUT2D eigenvalue weighted by molar-refractivity contribution is 7.90. The monoisotopic (exact) mass is 420 g/mol. The molecular weight excluding hydrogens is 388 g/mol. The summed E-state index contributed by atoms with van der Waals surface area (Å²) >= 11 is 0. The molecule has 1 aromatic rings. The van der Waals surface area contributed by atoms with Gasteiger partial charge in [0.1, 0.15) is 4.90 Å². The van der Waals surface area contributed by atoms with Crippen molar-refractivity contribution in [3.8, 4) is 0 Å². The lowest BCUT2D eigenvalue weighted by molar-refractivity contribution is -0.137. The van der Waals surface area contributed by atoms with Crippen LogP contribution in [-0.2, 0) is 14.6 Å². The van der Waals surface area contributed by atoms with E-state index in [1.54, 1.807) is 0 Å². The van der Waals surface area contributed by atoms with E-state index in [0.29, 0.717) is 30.6 Å². The number of nitrogens with zero attached hydrogens (tertiary/aromatic N) is 4. The van der Waals surface area contributed by atoms with Crippen LogP contribution in [0.3, 0.4) is 0 Å². The van der Waals surface area contributed by atoms with Gasteiger partial charge in [0.25, 0.3) is 0 Å². The van der Waals surface area contributed by atoms with Crippen LogP contribution in [0.15, 0.2) is 11.1 Å². The van der Waals surface area contributed by atoms with Gasteiger partial charge < -0.3 is 9.80 Å². The van der Waals surface area contributed by atoms with Crippen molar-refractivity contribution in [3.05, 3.63) is 11.9 Å². The second-order valence-electron chi connectivity index (χ2n) is 8.82. The smallest absolute Gasteiger partial charge is 0.225 e. The number of amides is 1. The summed E-state index contributed by atoms with van der Waals surface area (Å²) in [5.74, 6) is 1.18. The summed E-state index contributed by atoms with van der Waals surface area (Å²) in [6, 6.07) is 0. The fraction of sp³-hybridized carbons (Fsp3) is 0.762. The zero-order valence-electron chi connectivity index (χ0n) is 17.3. The van der Waals surface area contributed by atoms with Crippen molar-refractivity contribution >= 4 is 21.7 Å². The van der Waals surface area contributed by atoms with Crippen LogP contribution >= 0.6 is 0 Å². The molecule has 0 unspecified atom stereocenters. The lowest BCUT2D eigenvalue weighted by Gasteiger charge is -2.35. The first-order valence-electron chi connectivity index (χ1n) is 11.0. The van der Waals surface area contributed by atoms with Gasteiger partial charge in [-0.25, -0.2) is 18.4 Å². The van der Waals surface area contributed by atoms with Crippen LogP contribution in [0.4, 0.5) is 5.95 Å². The van der Waals surface area contributed by atoms with Gasteiger partial charge in [0, 0.05) is 44.3 Å². The first-order valence-corrected chi connectivity index (χ1v) is 12.9. The summed E-state index contributed by atoms with van der Waals surface area (Å²) in [5, 5.41) is 0. The molecule has 3 aliphatic rings. The molecule has 0 atom stereocenters. The normalized spacial score (nSPS) is 22.2. The number of hydrogen-bond donors (Lipinski definition) is 0. The average molecular weight is 421 g/mol. The Balaban J connectivity index is 1.50. The molecule has 2 aliphatic heterocycles. The Hall–Kier alpha value is -1.70. The Morgan fingerprint density at radius 1 is 0.966 bits per heavy atom. The molecule has 0 bridgehead atoms. The van der Waals surface area contributed by atoms with Gasteiger partial charge in [0.2, 0.25) is 11.9 Å². The third-order valence-electron chi connectivity index (χ3n) is 6.71. The Bertz CT molecular complexity index is 837. The van der Waals surface area contributed by atoms with Crippen LogP contribution in [0.5, 0.6) is 0 Å². The summed E-state index contributed by atoms with van der Waals surface area (Å²) in [7, 11) is -3.39. The molecule has 1 aliphatic carbocycles. The second-order valence-corrected chi connectivity index (χ2v) is 10.8. The van der Waals surface area contributed by atoms with Crippen LogP contribution in [0.1, 0.15) is 69.4 Å². The lowest BCUT2D eigenvalue weighted by Crippen LogP contribution is -2.42. The lowest BCUT2D eigenvalue weighted by atomic mass is 9.87. The third-order valence-corrected chi connectivity index (χ3v) is 7.82. The Kier molecular flexibility index (Phi) is 6.08. The molecule has 0 radical (unpaired) electrons. The van der Waals surface area contributed by atoms with E-state index in [2.05, 4.69) is 9.88 Å². The Morgan fingerprint density at radius 3 is 2.24 bits per heavy atom. The minimum absolute atomic E-state index is 0.0551. The van der Waals surface area contributed by atoms with Crippen molar-refractivity contribution in [2.75, 3.05) is 37.3 Å². The highest BCUT2D eigenvalue weighted by Crippen LogP contribution is 2.34. The molecule has 160 valence electrons. The van der Waals surface area contributed by atoms with Gasteiger partial charge in [-0.2, -0.15) is 0 Å². The fourth-order valence-corrected chi connectivity index (χ4v) is 5.84. The highest BCUT2D eigenvalue weighted by atomic mass is 32.2. The van der Waals surface area contributed by atoms with Crippen LogP contribution < -0.4 is 4.90 Å². The molecule has 8 heteroatoms. The zero-order chi connectivity index (χ0) is 20.4. The predicted molar refractivity (Wildman–Crippen MR) is 112 cm³/mol. The van der Waals surface area contributed by atoms with Gasteiger partial charge in [-0.3, -0.25) is 4.79 Å². The summed E-state index contributed by atoms with van der Waals surface area (Å²) in [6.07, 6.45) is 12.1. The molecule has 1 aromatic heterocycles. The third kappa shape index (κ3) is 4.57. The summed E-state index contributed by atoms with van der Waals surface area (Å²) in [5.41, 5.74) is 0.647. The molecule has 1 amide bonds. The van der Waals surface area contributed by atoms with Crippen molar-refractivity contribution in [2.45, 2.75) is 68.6 Å². The second kappa shape index (κ2) is 8.58. The molecule has 2 saturated heterocycles. The maximum Gasteiger partial charge on any atom is 0.225 e. The van der Waals surface area contributed by atoms with E-state index in [9.17, 15) is 13.2 Å². The molecular formula is C21H32N4O3S. The van der Waals surface area contributed by atoms with Gasteiger partial charge in [-0.1, -0.05) is 19.3 Å². The largest absolute Gasteiger partial charge is 0.342 e. The van der Waals surface area contributed by atoms with Crippen LogP contribution in [-0.4, -0.2) is 61.6 Å². The number of carbonyl (C=O) groups is 1. The van der Waals surface area contributed by atoms with Crippen molar-refractivity contribution in [1.29, 1.82) is 0 Å². The summed E-state index contributed by atoms with van der Waals surface area (Å²) in [4.78, 5) is 26.3. The molecule has 29 heavy (non-hydrogen) atoms. The highest BCUT2D eigenvalue weighted by Gasteiger charge is 2.32. The number of carbonyl (C=O) groups excluding carboxylic acids is 1. The van der Waals surface area contributed by atoms with Crippen molar-refractivity contribution in [3.63, 3.8) is 0 Å². The first kappa shape index (κ1) is 20.6. The SMILES string of the molecule is CS(=O)(=O)c1cnc(N2CCCC2)nc1C1CCN(C(=O)C2CCCCC2)CC1.